The minimum Gasteiger partial charge on any atom is -0.492 e. The van der Waals surface area contributed by atoms with Crippen LogP contribution in [0.25, 0.3) is 0 Å². The van der Waals surface area contributed by atoms with Crippen LogP contribution in [0.5, 0.6) is 5.75 Å². The van der Waals surface area contributed by atoms with E-state index in [-0.39, 0.29) is 10.6 Å². The first-order valence-corrected chi connectivity index (χ1v) is 8.60. The Hall–Kier alpha value is -2.31. The Bertz CT molecular complexity index is 716. The van der Waals surface area contributed by atoms with E-state index in [4.69, 9.17) is 16.3 Å². The summed E-state index contributed by atoms with van der Waals surface area (Å²) >= 11 is 5.85. The van der Waals surface area contributed by atoms with E-state index in [2.05, 4.69) is 9.80 Å². The molecule has 2 aromatic rings. The maximum atomic E-state index is 11.2. The Morgan fingerprint density at radius 3 is 2.40 bits per heavy atom. The number of ether oxygens (including phenoxy) is 1. The number of para-hydroxylation sites is 2. The SMILES string of the molecule is O=[N+]([O-])c1ccccc1N1CCN(CCOc2ccc(Cl)cc2)CC1. The van der Waals surface area contributed by atoms with Crippen LogP contribution in [0.2, 0.25) is 5.02 Å². The van der Waals surface area contributed by atoms with Gasteiger partial charge in [0, 0.05) is 43.8 Å². The topological polar surface area (TPSA) is 58.9 Å². The Balaban J connectivity index is 1.47. The first-order valence-electron chi connectivity index (χ1n) is 8.22. The minimum absolute atomic E-state index is 0.169. The van der Waals surface area contributed by atoms with E-state index in [1.165, 1.54) is 0 Å². The molecule has 1 aliphatic heterocycles. The van der Waals surface area contributed by atoms with E-state index >= 15 is 0 Å². The van der Waals surface area contributed by atoms with Crippen LogP contribution in [0.3, 0.4) is 0 Å². The van der Waals surface area contributed by atoms with E-state index in [1.54, 1.807) is 12.1 Å². The molecule has 6 nitrogen and oxygen atoms in total. The number of hydrogen-bond donors (Lipinski definition) is 0. The lowest BCUT2D eigenvalue weighted by atomic mass is 10.2. The number of rotatable bonds is 6. The van der Waals surface area contributed by atoms with Crippen molar-refractivity contribution in [1.29, 1.82) is 0 Å². The number of nitro groups is 1. The van der Waals surface area contributed by atoms with E-state index in [0.29, 0.717) is 17.3 Å². The summed E-state index contributed by atoms with van der Waals surface area (Å²) in [5.74, 6) is 0.808. The second-order valence-corrected chi connectivity index (χ2v) is 6.31. The van der Waals surface area contributed by atoms with Crippen molar-refractivity contribution in [1.82, 2.24) is 4.90 Å². The molecular weight excluding hydrogens is 342 g/mol. The van der Waals surface area contributed by atoms with Crippen LogP contribution in [0.4, 0.5) is 11.4 Å². The number of nitro benzene ring substituents is 1. The van der Waals surface area contributed by atoms with Crippen molar-refractivity contribution in [3.8, 4) is 5.75 Å². The third kappa shape index (κ3) is 4.61. The molecule has 2 aromatic carbocycles. The van der Waals surface area contributed by atoms with E-state index < -0.39 is 0 Å². The van der Waals surface area contributed by atoms with Gasteiger partial charge in [-0.3, -0.25) is 15.0 Å². The molecule has 0 N–H and O–H groups in total. The predicted octanol–water partition coefficient (Wildman–Crippen LogP) is 3.45. The molecule has 1 fully saturated rings. The Morgan fingerprint density at radius 2 is 1.72 bits per heavy atom. The standard InChI is InChI=1S/C18H20ClN3O3/c19-15-5-7-16(8-6-15)25-14-13-20-9-11-21(12-10-20)17-3-1-2-4-18(17)22(23)24/h1-8H,9-14H2. The molecule has 25 heavy (non-hydrogen) atoms. The summed E-state index contributed by atoms with van der Waals surface area (Å²) in [7, 11) is 0. The van der Waals surface area contributed by atoms with E-state index in [0.717, 1.165) is 38.5 Å². The molecule has 0 amide bonds. The molecule has 1 aliphatic rings. The highest BCUT2D eigenvalue weighted by Gasteiger charge is 2.22. The van der Waals surface area contributed by atoms with Crippen LogP contribution in [0.1, 0.15) is 0 Å². The van der Waals surface area contributed by atoms with Crippen LogP contribution in [0, 0.1) is 10.1 Å². The monoisotopic (exact) mass is 361 g/mol. The maximum Gasteiger partial charge on any atom is 0.292 e. The third-order valence-electron chi connectivity index (χ3n) is 4.28. The van der Waals surface area contributed by atoms with Crippen molar-refractivity contribution in [2.75, 3.05) is 44.2 Å². The van der Waals surface area contributed by atoms with Crippen LogP contribution in [-0.2, 0) is 0 Å². The lowest BCUT2D eigenvalue weighted by Gasteiger charge is -2.35. The largest absolute Gasteiger partial charge is 0.492 e. The average molecular weight is 362 g/mol. The van der Waals surface area contributed by atoms with Crippen molar-refractivity contribution in [2.45, 2.75) is 0 Å². The first kappa shape index (κ1) is 17.5. The highest BCUT2D eigenvalue weighted by atomic mass is 35.5. The molecule has 7 heteroatoms. The normalized spacial score (nSPS) is 15.2. The van der Waals surface area contributed by atoms with Crippen molar-refractivity contribution in [3.05, 3.63) is 63.7 Å². The third-order valence-corrected chi connectivity index (χ3v) is 4.53. The van der Waals surface area contributed by atoms with Gasteiger partial charge in [0.05, 0.1) is 4.92 Å². The molecule has 3 rings (SSSR count). The molecule has 0 saturated carbocycles. The number of benzene rings is 2. The molecular formula is C18H20ClN3O3. The molecule has 0 spiro atoms. The summed E-state index contributed by atoms with van der Waals surface area (Å²) in [5, 5.41) is 11.9. The Kier molecular flexibility index (Phi) is 5.73. The lowest BCUT2D eigenvalue weighted by Crippen LogP contribution is -2.47. The van der Waals surface area contributed by atoms with Crippen molar-refractivity contribution >= 4 is 23.0 Å². The van der Waals surface area contributed by atoms with Crippen LogP contribution < -0.4 is 9.64 Å². The van der Waals surface area contributed by atoms with Crippen molar-refractivity contribution in [3.63, 3.8) is 0 Å². The lowest BCUT2D eigenvalue weighted by molar-refractivity contribution is -0.384. The second kappa shape index (κ2) is 8.18. The first-order chi connectivity index (χ1) is 12.1. The number of anilines is 1. The smallest absolute Gasteiger partial charge is 0.292 e. The highest BCUT2D eigenvalue weighted by Crippen LogP contribution is 2.28. The van der Waals surface area contributed by atoms with Gasteiger partial charge in [-0.15, -0.1) is 0 Å². The Morgan fingerprint density at radius 1 is 1.04 bits per heavy atom. The number of nitrogens with zero attached hydrogens (tertiary/aromatic N) is 3. The summed E-state index contributed by atoms with van der Waals surface area (Å²) < 4.78 is 5.72. The fraction of sp³-hybridized carbons (Fsp3) is 0.333. The molecule has 1 heterocycles. The van der Waals surface area contributed by atoms with Gasteiger partial charge in [-0.05, 0) is 30.3 Å². The van der Waals surface area contributed by atoms with Crippen LogP contribution in [0.15, 0.2) is 48.5 Å². The zero-order valence-corrected chi connectivity index (χ0v) is 14.6. The zero-order valence-electron chi connectivity index (χ0n) is 13.8. The molecule has 0 unspecified atom stereocenters. The second-order valence-electron chi connectivity index (χ2n) is 5.88. The average Bonchev–Trinajstić information content (AvgIpc) is 2.64. The molecule has 0 bridgehead atoms. The highest BCUT2D eigenvalue weighted by molar-refractivity contribution is 6.30. The fourth-order valence-corrected chi connectivity index (χ4v) is 3.05. The van der Waals surface area contributed by atoms with Gasteiger partial charge in [0.2, 0.25) is 0 Å². The molecule has 0 aliphatic carbocycles. The van der Waals surface area contributed by atoms with Crippen molar-refractivity contribution < 1.29 is 9.66 Å². The summed E-state index contributed by atoms with van der Waals surface area (Å²) in [6.45, 7) is 4.68. The maximum absolute atomic E-state index is 11.2. The summed E-state index contributed by atoms with van der Waals surface area (Å²) in [6, 6.07) is 14.2. The van der Waals surface area contributed by atoms with Crippen molar-refractivity contribution in [2.24, 2.45) is 0 Å². The van der Waals surface area contributed by atoms with Crippen LogP contribution >= 0.6 is 11.6 Å². The number of hydrogen-bond acceptors (Lipinski definition) is 5. The molecule has 0 radical (unpaired) electrons. The summed E-state index contributed by atoms with van der Waals surface area (Å²) in [5.41, 5.74) is 0.867. The summed E-state index contributed by atoms with van der Waals surface area (Å²) in [4.78, 5) is 15.2. The quantitative estimate of drug-likeness (QED) is 0.582. The van der Waals surface area contributed by atoms with Gasteiger partial charge in [0.25, 0.3) is 5.69 Å². The zero-order chi connectivity index (χ0) is 17.6. The number of halogens is 1. The summed E-state index contributed by atoms with van der Waals surface area (Å²) in [6.07, 6.45) is 0. The molecule has 0 atom stereocenters. The molecule has 1 saturated heterocycles. The van der Waals surface area contributed by atoms with Gasteiger partial charge in [-0.2, -0.15) is 0 Å². The van der Waals surface area contributed by atoms with E-state index in [9.17, 15) is 10.1 Å². The van der Waals surface area contributed by atoms with Gasteiger partial charge in [0.1, 0.15) is 18.0 Å². The van der Waals surface area contributed by atoms with E-state index in [1.807, 2.05) is 36.4 Å². The minimum atomic E-state index is -0.318. The van der Waals surface area contributed by atoms with Gasteiger partial charge < -0.3 is 9.64 Å². The van der Waals surface area contributed by atoms with Crippen LogP contribution in [-0.4, -0.2) is 49.2 Å². The van der Waals surface area contributed by atoms with Gasteiger partial charge in [-0.1, -0.05) is 23.7 Å². The van der Waals surface area contributed by atoms with Gasteiger partial charge in [-0.25, -0.2) is 0 Å². The molecule has 132 valence electrons. The molecule has 0 aromatic heterocycles. The predicted molar refractivity (Wildman–Crippen MR) is 98.7 cm³/mol. The number of piperazine rings is 1. The Labute approximate surface area is 151 Å². The van der Waals surface area contributed by atoms with Gasteiger partial charge >= 0.3 is 0 Å². The fourth-order valence-electron chi connectivity index (χ4n) is 2.92. The van der Waals surface area contributed by atoms with Gasteiger partial charge in [0.15, 0.2) is 0 Å².